The Labute approximate surface area is 124 Å². The lowest BCUT2D eigenvalue weighted by atomic mass is 10.2. The van der Waals surface area contributed by atoms with Gasteiger partial charge in [0, 0.05) is 5.69 Å². The van der Waals surface area contributed by atoms with E-state index in [1.165, 1.54) is 18.9 Å². The molecule has 0 aliphatic rings. The molecular formula is C13H15BrN2O2S. The van der Waals surface area contributed by atoms with E-state index in [0.29, 0.717) is 0 Å². The molecule has 102 valence electrons. The topological polar surface area (TPSA) is 43.6 Å². The van der Waals surface area contributed by atoms with E-state index in [1.807, 2.05) is 37.3 Å². The van der Waals surface area contributed by atoms with Crippen molar-refractivity contribution >= 4 is 39.3 Å². The molecule has 0 radical (unpaired) electrons. The summed E-state index contributed by atoms with van der Waals surface area (Å²) in [5.41, 5.74) is 1.92. The number of thioether (sulfide) groups is 1. The molecule has 2 aromatic rings. The number of hydrogen-bond acceptors (Lipinski definition) is 4. The number of nitrogens with zero attached hydrogens (tertiary/aromatic N) is 2. The lowest BCUT2D eigenvalue weighted by Gasteiger charge is -2.21. The van der Waals surface area contributed by atoms with Crippen LogP contribution in [0.2, 0.25) is 0 Å². The van der Waals surface area contributed by atoms with Crippen LogP contribution in [-0.2, 0) is 9.53 Å². The molecule has 0 aliphatic heterocycles. The highest BCUT2D eigenvalue weighted by molar-refractivity contribution is 9.10. The summed E-state index contributed by atoms with van der Waals surface area (Å²) < 4.78 is 7.09. The molecule has 0 fully saturated rings. The Balaban J connectivity index is 2.47. The number of aromatic nitrogens is 2. The quantitative estimate of drug-likeness (QED) is 0.632. The van der Waals surface area contributed by atoms with E-state index in [1.54, 1.807) is 6.20 Å². The number of imidazole rings is 1. The average molecular weight is 343 g/mol. The molecule has 0 unspecified atom stereocenters. The average Bonchev–Trinajstić information content (AvgIpc) is 2.75. The predicted molar refractivity (Wildman–Crippen MR) is 79.6 cm³/mol. The smallest absolute Gasteiger partial charge is 0.321 e. The van der Waals surface area contributed by atoms with Gasteiger partial charge in [-0.25, -0.2) is 4.98 Å². The molecule has 0 amide bonds. The van der Waals surface area contributed by atoms with Gasteiger partial charge in [-0.1, -0.05) is 0 Å². The number of ether oxygens (including phenoxy) is 1. The first kappa shape index (κ1) is 14.4. The number of halogens is 1. The second-order valence-corrected chi connectivity index (χ2v) is 7.16. The fourth-order valence-electron chi connectivity index (χ4n) is 1.83. The lowest BCUT2D eigenvalue weighted by Crippen LogP contribution is -2.29. The second kappa shape index (κ2) is 5.17. The molecule has 0 saturated heterocycles. The first-order valence-corrected chi connectivity index (χ1v) is 7.38. The number of aryl methyl sites for hydroxylation is 1. The van der Waals surface area contributed by atoms with Crippen molar-refractivity contribution in [3.63, 3.8) is 0 Å². The summed E-state index contributed by atoms with van der Waals surface area (Å²) in [5, 5.41) is 0. The van der Waals surface area contributed by atoms with E-state index in [0.717, 1.165) is 20.8 Å². The van der Waals surface area contributed by atoms with Crippen molar-refractivity contribution in [2.45, 2.75) is 30.4 Å². The van der Waals surface area contributed by atoms with Crippen LogP contribution in [0.4, 0.5) is 0 Å². The number of rotatable bonds is 3. The second-order valence-electron chi connectivity index (χ2n) is 4.68. The lowest BCUT2D eigenvalue weighted by molar-refractivity contribution is -0.142. The van der Waals surface area contributed by atoms with E-state index in [2.05, 4.69) is 20.9 Å². The fraction of sp³-hybridized carbons (Fsp3) is 0.385. The number of carbonyl (C=O) groups is 1. The van der Waals surface area contributed by atoms with Crippen LogP contribution in [-0.4, -0.2) is 27.2 Å². The van der Waals surface area contributed by atoms with Crippen LogP contribution in [0.3, 0.4) is 0 Å². The van der Waals surface area contributed by atoms with Gasteiger partial charge in [0.15, 0.2) is 5.65 Å². The molecule has 0 atom stereocenters. The Morgan fingerprint density at radius 3 is 2.79 bits per heavy atom. The molecule has 19 heavy (non-hydrogen) atoms. The maximum absolute atomic E-state index is 11.8. The zero-order valence-electron chi connectivity index (χ0n) is 11.2. The number of methoxy groups -OCH3 is 1. The van der Waals surface area contributed by atoms with Crippen LogP contribution in [0.25, 0.3) is 5.65 Å². The Morgan fingerprint density at radius 2 is 2.16 bits per heavy atom. The number of fused-ring (bicyclic) bond motifs is 1. The molecule has 4 nitrogen and oxygen atoms in total. The summed E-state index contributed by atoms with van der Waals surface area (Å²) in [5.74, 6) is -0.248. The van der Waals surface area contributed by atoms with Crippen molar-refractivity contribution in [2.24, 2.45) is 0 Å². The summed E-state index contributed by atoms with van der Waals surface area (Å²) in [6.07, 6.45) is 1.76. The summed E-state index contributed by atoms with van der Waals surface area (Å²) in [4.78, 5) is 17.1. The molecule has 0 aliphatic carbocycles. The number of pyridine rings is 1. The molecule has 0 aromatic carbocycles. The van der Waals surface area contributed by atoms with Gasteiger partial charge in [0.2, 0.25) is 0 Å². The molecule has 2 aromatic heterocycles. The van der Waals surface area contributed by atoms with Crippen molar-refractivity contribution in [3.8, 4) is 0 Å². The Bertz CT molecular complexity index is 637. The van der Waals surface area contributed by atoms with Crippen LogP contribution in [0, 0.1) is 6.92 Å². The first-order valence-electron chi connectivity index (χ1n) is 5.77. The van der Waals surface area contributed by atoms with E-state index < -0.39 is 4.75 Å². The van der Waals surface area contributed by atoms with Gasteiger partial charge in [0.1, 0.15) is 9.35 Å². The molecule has 0 saturated carbocycles. The zero-order chi connectivity index (χ0) is 14.2. The molecule has 6 heteroatoms. The number of carbonyl (C=O) groups excluding carboxylic acids is 1. The van der Waals surface area contributed by atoms with E-state index >= 15 is 0 Å². The third-order valence-corrected chi connectivity index (χ3v) is 4.58. The van der Waals surface area contributed by atoms with Gasteiger partial charge < -0.3 is 4.74 Å². The van der Waals surface area contributed by atoms with Gasteiger partial charge in [0.05, 0.1) is 18.2 Å². The Morgan fingerprint density at radius 1 is 1.47 bits per heavy atom. The minimum Gasteiger partial charge on any atom is -0.468 e. The van der Waals surface area contributed by atoms with Crippen LogP contribution < -0.4 is 0 Å². The van der Waals surface area contributed by atoms with E-state index in [9.17, 15) is 4.79 Å². The highest BCUT2D eigenvalue weighted by Crippen LogP contribution is 2.36. The van der Waals surface area contributed by atoms with Crippen LogP contribution >= 0.6 is 27.7 Å². The van der Waals surface area contributed by atoms with Crippen LogP contribution in [0.15, 0.2) is 27.8 Å². The van der Waals surface area contributed by atoms with Gasteiger partial charge in [-0.2, -0.15) is 0 Å². The van der Waals surface area contributed by atoms with Crippen molar-refractivity contribution < 1.29 is 9.53 Å². The van der Waals surface area contributed by atoms with Gasteiger partial charge in [-0.05, 0) is 48.8 Å². The minimum absolute atomic E-state index is 0.248. The molecule has 0 bridgehead atoms. The normalized spacial score (nSPS) is 11.8. The molecular weight excluding hydrogens is 328 g/mol. The summed E-state index contributed by atoms with van der Waals surface area (Å²) in [6, 6.07) is 3.99. The first-order chi connectivity index (χ1) is 8.86. The highest BCUT2D eigenvalue weighted by Gasteiger charge is 2.31. The minimum atomic E-state index is -0.650. The van der Waals surface area contributed by atoms with Crippen molar-refractivity contribution in [1.29, 1.82) is 0 Å². The SMILES string of the molecule is COC(=O)C(C)(C)Sc1ccc(C)n2c(Br)cnc12. The Hall–Kier alpha value is -1.01. The van der Waals surface area contributed by atoms with E-state index in [4.69, 9.17) is 4.74 Å². The fourth-order valence-corrected chi connectivity index (χ4v) is 3.47. The van der Waals surface area contributed by atoms with Crippen LogP contribution in [0.1, 0.15) is 19.5 Å². The molecule has 2 heterocycles. The van der Waals surface area contributed by atoms with Gasteiger partial charge in [-0.3, -0.25) is 9.20 Å². The third kappa shape index (κ3) is 2.65. The summed E-state index contributed by atoms with van der Waals surface area (Å²) in [7, 11) is 1.40. The molecule has 2 rings (SSSR count). The van der Waals surface area contributed by atoms with Gasteiger partial charge >= 0.3 is 5.97 Å². The third-order valence-electron chi connectivity index (χ3n) is 2.81. The highest BCUT2D eigenvalue weighted by atomic mass is 79.9. The van der Waals surface area contributed by atoms with Crippen molar-refractivity contribution in [2.75, 3.05) is 7.11 Å². The molecule has 0 N–H and O–H groups in total. The molecule has 0 spiro atoms. The summed E-state index contributed by atoms with van der Waals surface area (Å²) >= 11 is 4.93. The summed E-state index contributed by atoms with van der Waals surface area (Å²) in [6.45, 7) is 5.70. The predicted octanol–water partition coefficient (Wildman–Crippen LogP) is 3.45. The van der Waals surface area contributed by atoms with Gasteiger partial charge in [-0.15, -0.1) is 11.8 Å². The zero-order valence-corrected chi connectivity index (χ0v) is 13.6. The number of esters is 1. The van der Waals surface area contributed by atoms with Crippen molar-refractivity contribution in [1.82, 2.24) is 9.38 Å². The van der Waals surface area contributed by atoms with Gasteiger partial charge in [0.25, 0.3) is 0 Å². The largest absolute Gasteiger partial charge is 0.468 e. The maximum atomic E-state index is 11.8. The maximum Gasteiger partial charge on any atom is 0.321 e. The van der Waals surface area contributed by atoms with Crippen molar-refractivity contribution in [3.05, 3.63) is 28.6 Å². The number of hydrogen-bond donors (Lipinski definition) is 0. The van der Waals surface area contributed by atoms with Crippen LogP contribution in [0.5, 0.6) is 0 Å². The monoisotopic (exact) mass is 342 g/mol. The standard InChI is InChI=1S/C13H15BrN2O2S/c1-8-5-6-9(11-15-7-10(14)16(8)11)19-13(2,3)12(17)18-4/h5-7H,1-4H3. The Kier molecular flexibility index (Phi) is 3.92. The van der Waals surface area contributed by atoms with E-state index in [-0.39, 0.29) is 5.97 Å².